The van der Waals surface area contributed by atoms with Gasteiger partial charge in [0.15, 0.2) is 0 Å². The zero-order valence-electron chi connectivity index (χ0n) is 20.9. The number of allylic oxidation sites excluding steroid dienone is 1. The highest BCUT2D eigenvalue weighted by Gasteiger charge is 2.15. The van der Waals surface area contributed by atoms with E-state index in [0.717, 1.165) is 64.5 Å². The lowest BCUT2D eigenvalue weighted by molar-refractivity contribution is 0.122. The number of hydrogen-bond acceptors (Lipinski definition) is 7. The van der Waals surface area contributed by atoms with Crippen LogP contribution in [0.3, 0.4) is 0 Å². The summed E-state index contributed by atoms with van der Waals surface area (Å²) in [4.78, 5) is 10.3. The Labute approximate surface area is 219 Å². The molecule has 2 aliphatic rings. The van der Waals surface area contributed by atoms with Gasteiger partial charge in [0.25, 0.3) is 0 Å². The van der Waals surface area contributed by atoms with Crippen molar-refractivity contribution in [2.75, 3.05) is 74.3 Å². The largest absolute Gasteiger partial charge is 0.378 e. The normalized spacial score (nSPS) is 17.0. The second kappa shape index (κ2) is 14.0. The Balaban J connectivity index is 1.43. The number of morpholine rings is 1. The van der Waals surface area contributed by atoms with Gasteiger partial charge in [0.05, 0.1) is 13.2 Å². The Morgan fingerprint density at radius 3 is 2.46 bits per heavy atom. The smallest absolute Gasteiger partial charge is 0.0642 e. The van der Waals surface area contributed by atoms with Crippen molar-refractivity contribution in [3.63, 3.8) is 0 Å². The van der Waals surface area contributed by atoms with Gasteiger partial charge in [-0.3, -0.25) is 4.99 Å². The summed E-state index contributed by atoms with van der Waals surface area (Å²) < 4.78 is 5.55. The predicted molar refractivity (Wildman–Crippen MR) is 156 cm³/mol. The van der Waals surface area contributed by atoms with Crippen LogP contribution in [0.2, 0.25) is 0 Å². The number of hydrogen-bond donors (Lipinski definition) is 1. The van der Waals surface area contributed by atoms with E-state index in [1.807, 2.05) is 36.8 Å². The quantitative estimate of drug-likeness (QED) is 0.436. The molecule has 4 rings (SSSR count). The van der Waals surface area contributed by atoms with Crippen LogP contribution in [-0.2, 0) is 23.3 Å². The van der Waals surface area contributed by atoms with Crippen molar-refractivity contribution < 1.29 is 4.74 Å². The average Bonchev–Trinajstić information content (AvgIpc) is 2.92. The molecule has 5 nitrogen and oxygen atoms in total. The zero-order valence-corrected chi connectivity index (χ0v) is 22.5. The first kappa shape index (κ1) is 26.1. The SMILES string of the molecule is C=N/C=C(/Cc1ccc(N2CCSCC2)cc1)SCc1cc(N2CCOCC2)ccc1CCNC. The first-order valence-electron chi connectivity index (χ1n) is 12.5. The molecule has 0 unspecified atom stereocenters. The van der Waals surface area contributed by atoms with E-state index in [9.17, 15) is 0 Å². The van der Waals surface area contributed by atoms with Gasteiger partial charge in [-0.1, -0.05) is 18.2 Å². The first-order valence-corrected chi connectivity index (χ1v) is 14.7. The van der Waals surface area contributed by atoms with Crippen molar-refractivity contribution in [2.24, 2.45) is 4.99 Å². The number of likely N-dealkylation sites (N-methyl/N-ethyl adjacent to an activating group) is 1. The van der Waals surface area contributed by atoms with Crippen LogP contribution in [0.1, 0.15) is 16.7 Å². The van der Waals surface area contributed by atoms with Crippen LogP contribution in [0.25, 0.3) is 0 Å². The predicted octanol–water partition coefficient (Wildman–Crippen LogP) is 4.86. The van der Waals surface area contributed by atoms with E-state index in [0.29, 0.717) is 0 Å². The van der Waals surface area contributed by atoms with Gasteiger partial charge in [0.2, 0.25) is 0 Å². The highest BCUT2D eigenvalue weighted by atomic mass is 32.2. The van der Waals surface area contributed by atoms with Crippen LogP contribution in [0.4, 0.5) is 11.4 Å². The molecule has 2 fully saturated rings. The van der Waals surface area contributed by atoms with Crippen LogP contribution in [0, 0.1) is 0 Å². The van der Waals surface area contributed by atoms with E-state index in [1.54, 1.807) is 0 Å². The molecule has 1 N–H and O–H groups in total. The van der Waals surface area contributed by atoms with Gasteiger partial charge in [0, 0.05) is 72.3 Å². The maximum Gasteiger partial charge on any atom is 0.0642 e. The third kappa shape index (κ3) is 7.78. The van der Waals surface area contributed by atoms with Crippen molar-refractivity contribution in [3.8, 4) is 0 Å². The monoisotopic (exact) mass is 510 g/mol. The van der Waals surface area contributed by atoms with Crippen LogP contribution in [0.15, 0.2) is 58.6 Å². The second-order valence-corrected chi connectivity index (χ2v) is 11.2. The van der Waals surface area contributed by atoms with Gasteiger partial charge in [-0.05, 0) is 67.7 Å². The summed E-state index contributed by atoms with van der Waals surface area (Å²) in [5, 5.41) is 3.29. The highest BCUT2D eigenvalue weighted by molar-refractivity contribution is 8.02. The number of ether oxygens (including phenoxy) is 1. The molecule has 0 saturated carbocycles. The first-order chi connectivity index (χ1) is 17.3. The Morgan fingerprint density at radius 1 is 1.03 bits per heavy atom. The van der Waals surface area contributed by atoms with Gasteiger partial charge in [-0.25, -0.2) is 0 Å². The summed E-state index contributed by atoms with van der Waals surface area (Å²) in [6.07, 6.45) is 3.85. The molecule has 0 bridgehead atoms. The van der Waals surface area contributed by atoms with Gasteiger partial charge in [-0.15, -0.1) is 11.8 Å². The van der Waals surface area contributed by atoms with Gasteiger partial charge in [0.1, 0.15) is 0 Å². The van der Waals surface area contributed by atoms with E-state index in [2.05, 4.69) is 69.3 Å². The molecular formula is C28H38N4OS2. The molecule has 35 heavy (non-hydrogen) atoms. The Hall–Kier alpha value is -1.93. The van der Waals surface area contributed by atoms with E-state index >= 15 is 0 Å². The van der Waals surface area contributed by atoms with Gasteiger partial charge in [-0.2, -0.15) is 11.8 Å². The fraction of sp³-hybridized carbons (Fsp3) is 0.464. The van der Waals surface area contributed by atoms with E-state index in [4.69, 9.17) is 4.74 Å². The molecule has 2 aromatic rings. The lowest BCUT2D eigenvalue weighted by atomic mass is 10.0. The molecule has 0 atom stereocenters. The van der Waals surface area contributed by atoms with Crippen LogP contribution >= 0.6 is 23.5 Å². The number of aliphatic imine (C=N–C) groups is 1. The summed E-state index contributed by atoms with van der Waals surface area (Å²) >= 11 is 3.93. The van der Waals surface area contributed by atoms with Crippen molar-refractivity contribution >= 4 is 41.6 Å². The molecule has 0 radical (unpaired) electrons. The minimum absolute atomic E-state index is 0.805. The summed E-state index contributed by atoms with van der Waals surface area (Å²) in [5.41, 5.74) is 6.78. The van der Waals surface area contributed by atoms with Crippen LogP contribution in [0.5, 0.6) is 0 Å². The lowest BCUT2D eigenvalue weighted by Crippen LogP contribution is -2.36. The summed E-state index contributed by atoms with van der Waals surface area (Å²) in [7, 11) is 2.02. The maximum atomic E-state index is 5.55. The molecule has 2 heterocycles. The van der Waals surface area contributed by atoms with Crippen molar-refractivity contribution in [2.45, 2.75) is 18.6 Å². The van der Waals surface area contributed by atoms with Gasteiger partial charge < -0.3 is 19.9 Å². The second-order valence-electron chi connectivity index (χ2n) is 8.92. The number of thioether (sulfide) groups is 2. The third-order valence-electron chi connectivity index (χ3n) is 6.55. The Kier molecular flexibility index (Phi) is 10.4. The highest BCUT2D eigenvalue weighted by Crippen LogP contribution is 2.30. The molecule has 188 valence electrons. The number of nitrogens with one attached hydrogen (secondary N) is 1. The molecule has 2 aromatic carbocycles. The van der Waals surface area contributed by atoms with Crippen molar-refractivity contribution in [3.05, 3.63) is 70.3 Å². The fourth-order valence-electron chi connectivity index (χ4n) is 4.52. The minimum Gasteiger partial charge on any atom is -0.378 e. The standard InChI is InChI=1S/C28H38N4OS2/c1-29-10-9-24-5-8-27(31-11-15-33-16-12-31)20-25(24)22-35-28(21-30-2)19-23-3-6-26(7-4-23)32-13-17-34-18-14-32/h3-8,20-21,29H,2,9-19,22H2,1H3/b28-21-. The molecule has 7 heteroatoms. The number of rotatable bonds is 11. The van der Waals surface area contributed by atoms with Crippen molar-refractivity contribution in [1.82, 2.24) is 5.32 Å². The zero-order chi connectivity index (χ0) is 24.3. The molecule has 2 aliphatic heterocycles. The van der Waals surface area contributed by atoms with E-state index in [1.165, 1.54) is 44.5 Å². The summed E-state index contributed by atoms with van der Waals surface area (Å²) in [6, 6.07) is 16.1. The topological polar surface area (TPSA) is 40.1 Å². The lowest BCUT2D eigenvalue weighted by Gasteiger charge is -2.29. The number of benzene rings is 2. The number of nitrogens with zero attached hydrogens (tertiary/aromatic N) is 3. The Morgan fingerprint density at radius 2 is 1.74 bits per heavy atom. The maximum absolute atomic E-state index is 5.55. The van der Waals surface area contributed by atoms with E-state index in [-0.39, 0.29) is 0 Å². The van der Waals surface area contributed by atoms with Crippen LogP contribution < -0.4 is 15.1 Å². The third-order valence-corrected chi connectivity index (χ3v) is 8.57. The fourth-order valence-corrected chi connectivity index (χ4v) is 6.45. The van der Waals surface area contributed by atoms with Crippen LogP contribution in [-0.4, -0.2) is 71.2 Å². The number of anilines is 2. The molecule has 0 spiro atoms. The molecule has 0 amide bonds. The van der Waals surface area contributed by atoms with Gasteiger partial charge >= 0.3 is 0 Å². The molecular weight excluding hydrogens is 472 g/mol. The molecule has 2 saturated heterocycles. The van der Waals surface area contributed by atoms with Crippen molar-refractivity contribution in [1.29, 1.82) is 0 Å². The summed E-state index contributed by atoms with van der Waals surface area (Å²) in [6.45, 7) is 10.5. The summed E-state index contributed by atoms with van der Waals surface area (Å²) in [5.74, 6) is 3.38. The Bertz CT molecular complexity index is 967. The molecule has 0 aromatic heterocycles. The van der Waals surface area contributed by atoms with E-state index < -0.39 is 0 Å². The minimum atomic E-state index is 0.805. The average molecular weight is 511 g/mol. The molecule has 0 aliphatic carbocycles.